The van der Waals surface area contributed by atoms with Crippen molar-refractivity contribution in [2.45, 2.75) is 19.0 Å². The molecule has 0 aliphatic heterocycles. The fraction of sp³-hybridized carbons (Fsp3) is 0.200. The van der Waals surface area contributed by atoms with E-state index in [0.29, 0.717) is 22.4 Å². The highest BCUT2D eigenvalue weighted by atomic mass is 32.2. The van der Waals surface area contributed by atoms with Gasteiger partial charge in [-0.25, -0.2) is 14.1 Å². The maximum Gasteiger partial charge on any atom is 0.234 e. The third-order valence-electron chi connectivity index (χ3n) is 3.10. The largest absolute Gasteiger partial charge is 0.325 e. The van der Waals surface area contributed by atoms with Gasteiger partial charge in [0.05, 0.1) is 11.9 Å². The molecule has 1 aromatic carbocycles. The summed E-state index contributed by atoms with van der Waals surface area (Å²) in [7, 11) is 0. The molecule has 9 heteroatoms. The molecule has 24 heavy (non-hydrogen) atoms. The summed E-state index contributed by atoms with van der Waals surface area (Å²) in [6.07, 6.45) is 3.38. The van der Waals surface area contributed by atoms with E-state index in [0.717, 1.165) is 5.56 Å². The van der Waals surface area contributed by atoms with Gasteiger partial charge in [0.1, 0.15) is 11.5 Å². The Morgan fingerprint density at radius 1 is 1.42 bits per heavy atom. The second-order valence-electron chi connectivity index (χ2n) is 5.17. The van der Waals surface area contributed by atoms with Gasteiger partial charge in [0.2, 0.25) is 11.1 Å². The van der Waals surface area contributed by atoms with Crippen molar-refractivity contribution in [3.63, 3.8) is 0 Å². The number of amides is 1. The fourth-order valence-electron chi connectivity index (χ4n) is 2.03. The molecule has 0 bridgehead atoms. The topological polar surface area (TPSA) is 88.5 Å². The maximum absolute atomic E-state index is 14.2. The van der Waals surface area contributed by atoms with E-state index < -0.39 is 5.82 Å². The molecule has 3 rings (SSSR count). The second-order valence-corrected chi connectivity index (χ2v) is 6.11. The highest BCUT2D eigenvalue weighted by molar-refractivity contribution is 7.99. The molecule has 2 N–H and O–H groups in total. The fourth-order valence-corrected chi connectivity index (χ4v) is 2.67. The number of nitrogens with zero attached hydrogens (tertiary/aromatic N) is 4. The van der Waals surface area contributed by atoms with Crippen LogP contribution < -0.4 is 5.32 Å². The van der Waals surface area contributed by atoms with Gasteiger partial charge in [-0.05, 0) is 37.6 Å². The zero-order valence-corrected chi connectivity index (χ0v) is 13.9. The van der Waals surface area contributed by atoms with Gasteiger partial charge >= 0.3 is 0 Å². The van der Waals surface area contributed by atoms with E-state index in [9.17, 15) is 9.18 Å². The predicted molar refractivity (Wildman–Crippen MR) is 88.7 cm³/mol. The number of halogens is 1. The number of rotatable bonds is 5. The number of anilines is 1. The van der Waals surface area contributed by atoms with Crippen molar-refractivity contribution in [3.8, 4) is 5.69 Å². The first kappa shape index (κ1) is 16.2. The summed E-state index contributed by atoms with van der Waals surface area (Å²) < 4.78 is 15.7. The van der Waals surface area contributed by atoms with Crippen LogP contribution in [0.15, 0.2) is 35.7 Å². The van der Waals surface area contributed by atoms with E-state index in [4.69, 9.17) is 0 Å². The smallest absolute Gasteiger partial charge is 0.234 e. The zero-order valence-electron chi connectivity index (χ0n) is 13.1. The van der Waals surface area contributed by atoms with Crippen molar-refractivity contribution in [2.24, 2.45) is 0 Å². The quantitative estimate of drug-likeness (QED) is 0.693. The molecule has 7 nitrogen and oxygen atoms in total. The summed E-state index contributed by atoms with van der Waals surface area (Å²) >= 11 is 1.20. The lowest BCUT2D eigenvalue weighted by molar-refractivity contribution is -0.113. The van der Waals surface area contributed by atoms with E-state index in [-0.39, 0.29) is 11.7 Å². The monoisotopic (exact) mass is 346 g/mol. The molecule has 0 radical (unpaired) electrons. The third kappa shape index (κ3) is 3.80. The van der Waals surface area contributed by atoms with Gasteiger partial charge in [0.25, 0.3) is 0 Å². The molecule has 0 saturated heterocycles. The number of aromatic nitrogens is 5. The molecule has 124 valence electrons. The average Bonchev–Trinajstić information content (AvgIpc) is 3.14. The van der Waals surface area contributed by atoms with Crippen LogP contribution in [0.4, 0.5) is 10.1 Å². The van der Waals surface area contributed by atoms with Crippen LogP contribution in [0.3, 0.4) is 0 Å². The molecular weight excluding hydrogens is 331 g/mol. The second kappa shape index (κ2) is 6.83. The number of thioether (sulfide) groups is 1. The van der Waals surface area contributed by atoms with E-state index in [1.807, 2.05) is 6.92 Å². The van der Waals surface area contributed by atoms with Crippen LogP contribution in [0, 0.1) is 19.7 Å². The Morgan fingerprint density at radius 3 is 2.88 bits per heavy atom. The Bertz CT molecular complexity index is 874. The normalized spacial score (nSPS) is 10.8. The van der Waals surface area contributed by atoms with Crippen molar-refractivity contribution < 1.29 is 9.18 Å². The zero-order chi connectivity index (χ0) is 17.1. The summed E-state index contributed by atoms with van der Waals surface area (Å²) in [6.45, 7) is 3.66. The number of nitrogens with one attached hydrogen (secondary N) is 2. The first-order valence-electron chi connectivity index (χ1n) is 7.14. The Balaban J connectivity index is 1.63. The number of hydrogen-bond donors (Lipinski definition) is 2. The van der Waals surface area contributed by atoms with Crippen molar-refractivity contribution in [1.29, 1.82) is 0 Å². The highest BCUT2D eigenvalue weighted by Crippen LogP contribution is 2.19. The summed E-state index contributed by atoms with van der Waals surface area (Å²) in [6, 6.07) is 4.48. The first-order valence-corrected chi connectivity index (χ1v) is 8.12. The van der Waals surface area contributed by atoms with Crippen LogP contribution in [0.25, 0.3) is 5.69 Å². The Labute approximate surface area is 141 Å². The van der Waals surface area contributed by atoms with E-state index in [1.165, 1.54) is 22.5 Å². The maximum atomic E-state index is 14.2. The lowest BCUT2D eigenvalue weighted by atomic mass is 10.2. The number of carbonyl (C=O) groups excluding carboxylic acids is 1. The summed E-state index contributed by atoms with van der Waals surface area (Å²) in [5.74, 6) is 0.0982. The molecule has 2 aromatic heterocycles. The molecule has 0 atom stereocenters. The van der Waals surface area contributed by atoms with E-state index in [1.54, 1.807) is 31.5 Å². The average molecular weight is 346 g/mol. The van der Waals surface area contributed by atoms with Crippen molar-refractivity contribution >= 4 is 23.4 Å². The van der Waals surface area contributed by atoms with Crippen LogP contribution in [-0.2, 0) is 4.79 Å². The number of benzene rings is 1. The van der Waals surface area contributed by atoms with Gasteiger partial charge in [-0.2, -0.15) is 5.10 Å². The standard InChI is InChI=1S/C15H15FN6OS/c1-9-6-17-22(7-9)13-4-3-11(5-12(13)16)19-14(23)8-24-15-18-10(2)20-21-15/h3-7H,8H2,1-2H3,(H,19,23)(H,18,20,21). The first-order chi connectivity index (χ1) is 11.5. The number of H-pyrrole nitrogens is 1. The molecule has 0 aliphatic rings. The predicted octanol–water partition coefficient (Wildman–Crippen LogP) is 2.48. The van der Waals surface area contributed by atoms with Crippen LogP contribution >= 0.6 is 11.8 Å². The molecule has 3 aromatic rings. The molecule has 1 amide bonds. The molecule has 2 heterocycles. The minimum atomic E-state index is -0.465. The molecule has 0 spiro atoms. The molecule has 0 fully saturated rings. The van der Waals surface area contributed by atoms with Crippen molar-refractivity contribution in [3.05, 3.63) is 47.8 Å². The van der Waals surface area contributed by atoms with Gasteiger partial charge < -0.3 is 5.32 Å². The Hall–Kier alpha value is -2.68. The van der Waals surface area contributed by atoms with E-state index in [2.05, 4.69) is 25.6 Å². The SMILES string of the molecule is Cc1cnn(-c2ccc(NC(=O)CSc3n[nH]c(C)n3)cc2F)c1. The van der Waals surface area contributed by atoms with Gasteiger partial charge in [0, 0.05) is 11.9 Å². The lowest BCUT2D eigenvalue weighted by Crippen LogP contribution is -2.14. The Kier molecular flexibility index (Phi) is 4.61. The minimum absolute atomic E-state index is 0.138. The number of aromatic amines is 1. The van der Waals surface area contributed by atoms with E-state index >= 15 is 0 Å². The molecule has 0 saturated carbocycles. The van der Waals surface area contributed by atoms with Crippen LogP contribution in [0.2, 0.25) is 0 Å². The summed E-state index contributed by atoms with van der Waals surface area (Å²) in [4.78, 5) is 16.0. The van der Waals surface area contributed by atoms with Crippen LogP contribution in [0.5, 0.6) is 0 Å². The molecular formula is C15H15FN6OS. The Morgan fingerprint density at radius 2 is 2.25 bits per heavy atom. The third-order valence-corrected chi connectivity index (χ3v) is 3.95. The van der Waals surface area contributed by atoms with Crippen LogP contribution in [0.1, 0.15) is 11.4 Å². The summed E-state index contributed by atoms with van der Waals surface area (Å²) in [5, 5.41) is 13.9. The van der Waals surface area contributed by atoms with Crippen molar-refractivity contribution in [1.82, 2.24) is 25.0 Å². The lowest BCUT2D eigenvalue weighted by Gasteiger charge is -2.07. The van der Waals surface area contributed by atoms with Gasteiger partial charge in [0.15, 0.2) is 5.82 Å². The molecule has 0 aliphatic carbocycles. The summed E-state index contributed by atoms with van der Waals surface area (Å²) in [5.41, 5.74) is 1.65. The van der Waals surface area contributed by atoms with Gasteiger partial charge in [-0.1, -0.05) is 11.8 Å². The van der Waals surface area contributed by atoms with Crippen LogP contribution in [-0.4, -0.2) is 36.6 Å². The number of carbonyl (C=O) groups is 1. The molecule has 0 unspecified atom stereocenters. The minimum Gasteiger partial charge on any atom is -0.325 e. The number of hydrogen-bond acceptors (Lipinski definition) is 5. The van der Waals surface area contributed by atoms with Gasteiger partial charge in [-0.15, -0.1) is 5.10 Å². The highest BCUT2D eigenvalue weighted by Gasteiger charge is 2.10. The number of aryl methyl sites for hydroxylation is 2. The van der Waals surface area contributed by atoms with Gasteiger partial charge in [-0.3, -0.25) is 9.89 Å². The van der Waals surface area contributed by atoms with Crippen molar-refractivity contribution in [2.75, 3.05) is 11.1 Å².